The summed E-state index contributed by atoms with van der Waals surface area (Å²) in [6, 6.07) is 0. The van der Waals surface area contributed by atoms with Crippen molar-refractivity contribution in [1.29, 1.82) is 0 Å². The molecule has 0 spiro atoms. The van der Waals surface area contributed by atoms with E-state index in [2.05, 4.69) is 20.1 Å². The van der Waals surface area contributed by atoms with Crippen molar-refractivity contribution in [2.45, 2.75) is 33.1 Å². The summed E-state index contributed by atoms with van der Waals surface area (Å²) in [5.74, 6) is -1.29. The number of ether oxygens (including phenoxy) is 3. The molecule has 0 aliphatic rings. The van der Waals surface area contributed by atoms with E-state index in [-0.39, 0.29) is 12.6 Å². The van der Waals surface area contributed by atoms with Gasteiger partial charge < -0.3 is 19.3 Å². The van der Waals surface area contributed by atoms with Gasteiger partial charge in [-0.25, -0.2) is 9.59 Å². The van der Waals surface area contributed by atoms with Crippen molar-refractivity contribution >= 4 is 11.9 Å². The second-order valence-corrected chi connectivity index (χ2v) is 4.19. The standard InChI is InChI=1S/C13H24O4.C3H4O2/c1-4-6-7-12(3)13(14)17-11-10-16-9-8-15-5-2;1-2-3(4)5/h3-11H2,1-2H3;2H,1H2,(H,4,5). The van der Waals surface area contributed by atoms with Crippen molar-refractivity contribution in [3.05, 3.63) is 24.8 Å². The maximum atomic E-state index is 11.4. The molecule has 128 valence electrons. The molecule has 0 radical (unpaired) electrons. The second kappa shape index (κ2) is 17.4. The zero-order valence-electron chi connectivity index (χ0n) is 13.6. The van der Waals surface area contributed by atoms with Crippen LogP contribution in [0, 0.1) is 0 Å². The molecule has 0 heterocycles. The van der Waals surface area contributed by atoms with Crippen LogP contribution in [0.25, 0.3) is 0 Å². The molecule has 6 nitrogen and oxygen atoms in total. The van der Waals surface area contributed by atoms with Gasteiger partial charge in [0.15, 0.2) is 0 Å². The molecule has 0 amide bonds. The minimum atomic E-state index is -0.981. The van der Waals surface area contributed by atoms with Gasteiger partial charge in [-0.15, -0.1) is 0 Å². The molecule has 0 fully saturated rings. The number of carbonyl (C=O) groups excluding carboxylic acids is 1. The van der Waals surface area contributed by atoms with Gasteiger partial charge in [-0.05, 0) is 19.8 Å². The maximum absolute atomic E-state index is 11.4. The monoisotopic (exact) mass is 316 g/mol. The number of hydrogen-bond donors (Lipinski definition) is 1. The summed E-state index contributed by atoms with van der Waals surface area (Å²) in [7, 11) is 0. The summed E-state index contributed by atoms with van der Waals surface area (Å²) in [4.78, 5) is 20.6. The number of carboxylic acids is 1. The lowest BCUT2D eigenvalue weighted by molar-refractivity contribution is -0.140. The Morgan fingerprint density at radius 1 is 1.09 bits per heavy atom. The zero-order chi connectivity index (χ0) is 17.2. The van der Waals surface area contributed by atoms with Gasteiger partial charge in [0.05, 0.1) is 19.8 Å². The van der Waals surface area contributed by atoms with Gasteiger partial charge in [-0.3, -0.25) is 0 Å². The van der Waals surface area contributed by atoms with Crippen molar-refractivity contribution in [3.8, 4) is 0 Å². The number of carbonyl (C=O) groups is 2. The number of rotatable bonds is 12. The smallest absolute Gasteiger partial charge is 0.333 e. The van der Waals surface area contributed by atoms with Gasteiger partial charge in [-0.1, -0.05) is 26.5 Å². The molecular formula is C16H28O6. The molecule has 0 aromatic rings. The molecule has 0 atom stereocenters. The first-order chi connectivity index (χ1) is 10.5. The average Bonchev–Trinajstić information content (AvgIpc) is 2.51. The number of esters is 1. The van der Waals surface area contributed by atoms with E-state index in [1.165, 1.54) is 0 Å². The van der Waals surface area contributed by atoms with Crippen molar-refractivity contribution < 1.29 is 28.9 Å². The van der Waals surface area contributed by atoms with Gasteiger partial charge in [0.25, 0.3) is 0 Å². The Kier molecular flexibility index (Phi) is 17.9. The molecule has 1 N–H and O–H groups in total. The predicted octanol–water partition coefficient (Wildman–Crippen LogP) is 2.59. The van der Waals surface area contributed by atoms with Crippen molar-refractivity contribution in [2.75, 3.05) is 33.0 Å². The van der Waals surface area contributed by atoms with Crippen LogP contribution in [-0.4, -0.2) is 50.1 Å². The average molecular weight is 316 g/mol. The molecule has 0 aromatic carbocycles. The zero-order valence-corrected chi connectivity index (χ0v) is 13.6. The fourth-order valence-electron chi connectivity index (χ4n) is 1.15. The molecule has 0 unspecified atom stereocenters. The van der Waals surface area contributed by atoms with Crippen LogP contribution in [0.3, 0.4) is 0 Å². The Hall–Kier alpha value is -1.66. The summed E-state index contributed by atoms with van der Waals surface area (Å²) in [6.07, 6.45) is 3.56. The largest absolute Gasteiger partial charge is 0.478 e. The quantitative estimate of drug-likeness (QED) is 0.338. The lowest BCUT2D eigenvalue weighted by atomic mass is 10.1. The molecule has 0 aliphatic heterocycles. The second-order valence-electron chi connectivity index (χ2n) is 4.19. The number of aliphatic carboxylic acids is 1. The van der Waals surface area contributed by atoms with Gasteiger partial charge in [0, 0.05) is 18.3 Å². The fourth-order valence-corrected chi connectivity index (χ4v) is 1.15. The number of unbranched alkanes of at least 4 members (excludes halogenated alkanes) is 1. The van der Waals surface area contributed by atoms with E-state index in [4.69, 9.17) is 19.3 Å². The highest BCUT2D eigenvalue weighted by Gasteiger charge is 2.07. The van der Waals surface area contributed by atoms with Gasteiger partial charge in [-0.2, -0.15) is 0 Å². The Labute approximate surface area is 132 Å². The van der Waals surface area contributed by atoms with Crippen LogP contribution in [-0.2, 0) is 23.8 Å². The summed E-state index contributed by atoms with van der Waals surface area (Å²) in [5.41, 5.74) is 0.543. The normalized spacial score (nSPS) is 9.36. The Morgan fingerprint density at radius 3 is 2.14 bits per heavy atom. The third-order valence-electron chi connectivity index (χ3n) is 2.33. The van der Waals surface area contributed by atoms with Crippen LogP contribution in [0.15, 0.2) is 24.8 Å². The third-order valence-corrected chi connectivity index (χ3v) is 2.33. The fraction of sp³-hybridized carbons (Fsp3) is 0.625. The SMILES string of the molecule is C=C(CCCC)C(=O)OCCOCCOCC.C=CC(=O)O. The van der Waals surface area contributed by atoms with E-state index < -0.39 is 5.97 Å². The maximum Gasteiger partial charge on any atom is 0.333 e. The highest BCUT2D eigenvalue weighted by molar-refractivity contribution is 5.87. The summed E-state index contributed by atoms with van der Waals surface area (Å²) < 4.78 is 15.3. The van der Waals surface area contributed by atoms with E-state index >= 15 is 0 Å². The molecule has 22 heavy (non-hydrogen) atoms. The lowest BCUT2D eigenvalue weighted by Crippen LogP contribution is -2.14. The van der Waals surface area contributed by atoms with Gasteiger partial charge in [0.2, 0.25) is 0 Å². The molecule has 0 saturated heterocycles. The first kappa shape index (κ1) is 22.6. The molecular weight excluding hydrogens is 288 g/mol. The van der Waals surface area contributed by atoms with Crippen LogP contribution in [0.2, 0.25) is 0 Å². The van der Waals surface area contributed by atoms with Crippen molar-refractivity contribution in [2.24, 2.45) is 0 Å². The topological polar surface area (TPSA) is 82.1 Å². The third kappa shape index (κ3) is 18.3. The van der Waals surface area contributed by atoms with Crippen LogP contribution >= 0.6 is 0 Å². The Bertz CT molecular complexity index is 325. The van der Waals surface area contributed by atoms with Crippen LogP contribution in [0.5, 0.6) is 0 Å². The predicted molar refractivity (Wildman–Crippen MR) is 84.8 cm³/mol. The van der Waals surface area contributed by atoms with Crippen LogP contribution in [0.1, 0.15) is 33.1 Å². The summed E-state index contributed by atoms with van der Waals surface area (Å²) >= 11 is 0. The molecule has 0 aromatic heterocycles. The van der Waals surface area contributed by atoms with Gasteiger partial charge in [0.1, 0.15) is 6.61 Å². The Morgan fingerprint density at radius 2 is 1.64 bits per heavy atom. The minimum absolute atomic E-state index is 0.274. The first-order valence-corrected chi connectivity index (χ1v) is 7.35. The first-order valence-electron chi connectivity index (χ1n) is 7.35. The molecule has 0 rings (SSSR count). The van der Waals surface area contributed by atoms with E-state index in [0.29, 0.717) is 38.4 Å². The highest BCUT2D eigenvalue weighted by Crippen LogP contribution is 2.06. The number of carboxylic acid groups (broad SMARTS) is 1. The molecule has 0 bridgehead atoms. The van der Waals surface area contributed by atoms with E-state index in [9.17, 15) is 9.59 Å². The minimum Gasteiger partial charge on any atom is -0.478 e. The van der Waals surface area contributed by atoms with Crippen LogP contribution < -0.4 is 0 Å². The van der Waals surface area contributed by atoms with E-state index in [1.54, 1.807) is 0 Å². The van der Waals surface area contributed by atoms with Crippen molar-refractivity contribution in [1.82, 2.24) is 0 Å². The number of hydrogen-bond acceptors (Lipinski definition) is 5. The van der Waals surface area contributed by atoms with Gasteiger partial charge >= 0.3 is 11.9 Å². The van der Waals surface area contributed by atoms with E-state index in [0.717, 1.165) is 18.9 Å². The van der Waals surface area contributed by atoms with Crippen LogP contribution in [0.4, 0.5) is 0 Å². The molecule has 6 heteroatoms. The molecule has 0 saturated carbocycles. The molecule has 0 aliphatic carbocycles. The lowest BCUT2D eigenvalue weighted by Gasteiger charge is -2.07. The van der Waals surface area contributed by atoms with Crippen molar-refractivity contribution in [3.63, 3.8) is 0 Å². The summed E-state index contributed by atoms with van der Waals surface area (Å²) in [6.45, 7) is 13.1. The highest BCUT2D eigenvalue weighted by atomic mass is 16.6. The Balaban J connectivity index is 0. The summed E-state index contributed by atoms with van der Waals surface area (Å²) in [5, 5.41) is 7.60. The van der Waals surface area contributed by atoms with E-state index in [1.807, 2.05) is 6.92 Å².